The molecule has 0 aromatic heterocycles. The molecule has 2 rings (SSSR count). The van der Waals surface area contributed by atoms with Crippen molar-refractivity contribution in [2.75, 3.05) is 11.9 Å². The maximum absolute atomic E-state index is 12.3. The van der Waals surface area contributed by atoms with Gasteiger partial charge in [-0.3, -0.25) is 10.1 Å². The minimum Gasteiger partial charge on any atom is -0.490 e. The number of anilines is 1. The molecule has 2 aromatic carbocycles. The summed E-state index contributed by atoms with van der Waals surface area (Å²) in [5.41, 5.74) is 2.56. The summed E-state index contributed by atoms with van der Waals surface area (Å²) in [5.74, 6) is 0.498. The second-order valence-electron chi connectivity index (χ2n) is 6.86. The average Bonchev–Trinajstić information content (AvgIpc) is 2.60. The highest BCUT2D eigenvalue weighted by Gasteiger charge is 2.14. The van der Waals surface area contributed by atoms with E-state index in [0.29, 0.717) is 12.2 Å². The Morgan fingerprint density at radius 2 is 1.73 bits per heavy atom. The average molecular weight is 369 g/mol. The molecule has 0 aliphatic rings. The normalized spacial score (nSPS) is 10.7. The fourth-order valence-electron chi connectivity index (χ4n) is 2.25. The summed E-state index contributed by atoms with van der Waals surface area (Å²) in [4.78, 5) is 12.3. The predicted molar refractivity (Wildman–Crippen MR) is 111 cm³/mol. The second-order valence-corrected chi connectivity index (χ2v) is 7.27. The third kappa shape index (κ3) is 5.70. The fourth-order valence-corrected chi connectivity index (χ4v) is 2.46. The Balaban J connectivity index is 1.92. The number of carbonyl (C=O) groups is 1. The molecular weight excluding hydrogens is 344 g/mol. The van der Waals surface area contributed by atoms with Gasteiger partial charge in [-0.2, -0.15) is 0 Å². The first-order valence-electron chi connectivity index (χ1n) is 8.36. The smallest absolute Gasteiger partial charge is 0.257 e. The first-order chi connectivity index (χ1) is 12.3. The molecule has 0 atom stereocenters. The Morgan fingerprint density at radius 1 is 1.12 bits per heavy atom. The minimum atomic E-state index is -0.242. The molecule has 0 saturated heterocycles. The largest absolute Gasteiger partial charge is 0.490 e. The molecule has 2 aromatic rings. The van der Waals surface area contributed by atoms with Crippen LogP contribution in [-0.4, -0.2) is 17.6 Å². The van der Waals surface area contributed by atoms with Gasteiger partial charge in [-0.1, -0.05) is 45.6 Å². The van der Waals surface area contributed by atoms with E-state index in [4.69, 9.17) is 17.0 Å². The number of benzene rings is 2. The third-order valence-corrected chi connectivity index (χ3v) is 3.92. The van der Waals surface area contributed by atoms with Crippen molar-refractivity contribution < 1.29 is 9.53 Å². The zero-order valence-electron chi connectivity index (χ0n) is 15.3. The van der Waals surface area contributed by atoms with Crippen LogP contribution in [0, 0.1) is 0 Å². The molecule has 2 N–H and O–H groups in total. The van der Waals surface area contributed by atoms with Gasteiger partial charge in [-0.05, 0) is 59.6 Å². The van der Waals surface area contributed by atoms with Gasteiger partial charge in [0.1, 0.15) is 12.4 Å². The summed E-state index contributed by atoms with van der Waals surface area (Å²) in [7, 11) is 0. The van der Waals surface area contributed by atoms with Gasteiger partial charge in [0.15, 0.2) is 5.11 Å². The van der Waals surface area contributed by atoms with Crippen LogP contribution >= 0.6 is 12.2 Å². The van der Waals surface area contributed by atoms with Gasteiger partial charge >= 0.3 is 0 Å². The van der Waals surface area contributed by atoms with Crippen LogP contribution in [0.3, 0.4) is 0 Å². The third-order valence-electron chi connectivity index (χ3n) is 3.72. The van der Waals surface area contributed by atoms with E-state index in [1.807, 2.05) is 48.5 Å². The summed E-state index contributed by atoms with van der Waals surface area (Å²) < 4.78 is 5.42. The molecule has 5 heteroatoms. The molecule has 0 saturated carbocycles. The second kappa shape index (κ2) is 8.63. The lowest BCUT2D eigenvalue weighted by Crippen LogP contribution is -2.34. The molecule has 0 fully saturated rings. The molecule has 1 amide bonds. The van der Waals surface area contributed by atoms with Crippen LogP contribution in [0.5, 0.6) is 5.75 Å². The van der Waals surface area contributed by atoms with Crippen LogP contribution in [0.15, 0.2) is 61.2 Å². The molecule has 0 radical (unpaired) electrons. The quantitative estimate of drug-likeness (QED) is 0.594. The van der Waals surface area contributed by atoms with Gasteiger partial charge in [0.25, 0.3) is 5.91 Å². The van der Waals surface area contributed by atoms with Crippen molar-refractivity contribution >= 4 is 28.9 Å². The van der Waals surface area contributed by atoms with Crippen molar-refractivity contribution in [2.45, 2.75) is 26.2 Å². The molecule has 0 spiro atoms. The zero-order chi connectivity index (χ0) is 19.2. The van der Waals surface area contributed by atoms with Crippen molar-refractivity contribution in [3.8, 4) is 5.75 Å². The lowest BCUT2D eigenvalue weighted by atomic mass is 9.87. The summed E-state index contributed by atoms with van der Waals surface area (Å²) in [5, 5.41) is 5.92. The number of hydrogen-bond acceptors (Lipinski definition) is 3. The summed E-state index contributed by atoms with van der Waals surface area (Å²) in [6, 6.07) is 14.8. The van der Waals surface area contributed by atoms with E-state index in [2.05, 4.69) is 38.0 Å². The predicted octanol–water partition coefficient (Wildman–Crippen LogP) is 4.68. The highest BCUT2D eigenvalue weighted by molar-refractivity contribution is 7.80. The van der Waals surface area contributed by atoms with Crippen LogP contribution in [-0.2, 0) is 5.41 Å². The van der Waals surface area contributed by atoms with E-state index in [1.54, 1.807) is 6.08 Å². The zero-order valence-corrected chi connectivity index (χ0v) is 16.2. The Hall–Kier alpha value is -2.66. The fraction of sp³-hybridized carbons (Fsp3) is 0.238. The van der Waals surface area contributed by atoms with Gasteiger partial charge in [0.2, 0.25) is 0 Å². The first-order valence-corrected chi connectivity index (χ1v) is 8.77. The number of carbonyl (C=O) groups excluding carboxylic acids is 1. The maximum atomic E-state index is 12.3. The molecule has 136 valence electrons. The van der Waals surface area contributed by atoms with E-state index in [9.17, 15) is 4.79 Å². The highest BCUT2D eigenvalue weighted by atomic mass is 32.1. The number of ether oxygens (including phenoxy) is 1. The standard InChI is InChI=1S/C21H24N2O2S/c1-5-14-25-18-12-10-17(11-13-18)22-20(26)23-19(24)15-6-8-16(9-7-15)21(2,3)4/h5-13H,1,14H2,2-4H3,(H2,22,23,24,26). The van der Waals surface area contributed by atoms with Gasteiger partial charge in [-0.25, -0.2) is 0 Å². The van der Waals surface area contributed by atoms with Gasteiger partial charge in [-0.15, -0.1) is 0 Å². The van der Waals surface area contributed by atoms with Gasteiger partial charge < -0.3 is 10.1 Å². The van der Waals surface area contributed by atoms with Crippen LogP contribution in [0.4, 0.5) is 5.69 Å². The molecule has 0 aliphatic carbocycles. The molecule has 0 heterocycles. The Labute approximate surface area is 160 Å². The maximum Gasteiger partial charge on any atom is 0.257 e. The Bertz CT molecular complexity index is 775. The van der Waals surface area contributed by atoms with E-state index in [0.717, 1.165) is 11.4 Å². The van der Waals surface area contributed by atoms with Crippen LogP contribution in [0.2, 0.25) is 0 Å². The molecule has 26 heavy (non-hydrogen) atoms. The SMILES string of the molecule is C=CCOc1ccc(NC(=S)NC(=O)c2ccc(C(C)(C)C)cc2)cc1. The first kappa shape index (κ1) is 19.7. The van der Waals surface area contributed by atoms with Crippen LogP contribution < -0.4 is 15.4 Å². The van der Waals surface area contributed by atoms with Gasteiger partial charge in [0, 0.05) is 11.3 Å². The summed E-state index contributed by atoms with van der Waals surface area (Å²) in [6.07, 6.45) is 1.69. The van der Waals surface area contributed by atoms with E-state index < -0.39 is 0 Å². The van der Waals surface area contributed by atoms with E-state index >= 15 is 0 Å². The van der Waals surface area contributed by atoms with Crippen molar-refractivity contribution in [1.29, 1.82) is 0 Å². The van der Waals surface area contributed by atoms with Crippen LogP contribution in [0.25, 0.3) is 0 Å². The topological polar surface area (TPSA) is 50.4 Å². The molecule has 0 unspecified atom stereocenters. The number of rotatable bonds is 5. The van der Waals surface area contributed by atoms with Gasteiger partial charge in [0.05, 0.1) is 0 Å². The van der Waals surface area contributed by atoms with Crippen molar-refractivity contribution in [3.63, 3.8) is 0 Å². The van der Waals surface area contributed by atoms with E-state index in [1.165, 1.54) is 5.56 Å². The lowest BCUT2D eigenvalue weighted by Gasteiger charge is -2.19. The summed E-state index contributed by atoms with van der Waals surface area (Å²) >= 11 is 5.21. The molecular formula is C21H24N2O2S. The molecule has 4 nitrogen and oxygen atoms in total. The Kier molecular flexibility index (Phi) is 6.52. The number of amides is 1. The molecule has 0 aliphatic heterocycles. The Morgan fingerprint density at radius 3 is 2.27 bits per heavy atom. The lowest BCUT2D eigenvalue weighted by molar-refractivity contribution is 0.0977. The monoisotopic (exact) mass is 368 g/mol. The number of nitrogens with one attached hydrogen (secondary N) is 2. The van der Waals surface area contributed by atoms with Crippen molar-refractivity contribution in [1.82, 2.24) is 5.32 Å². The number of thiocarbonyl (C=S) groups is 1. The molecule has 0 bridgehead atoms. The summed E-state index contributed by atoms with van der Waals surface area (Å²) in [6.45, 7) is 10.5. The van der Waals surface area contributed by atoms with Crippen LogP contribution in [0.1, 0.15) is 36.7 Å². The minimum absolute atomic E-state index is 0.0490. The van der Waals surface area contributed by atoms with Crippen molar-refractivity contribution in [3.05, 3.63) is 72.3 Å². The number of hydrogen-bond donors (Lipinski definition) is 2. The highest BCUT2D eigenvalue weighted by Crippen LogP contribution is 2.22. The van der Waals surface area contributed by atoms with Crippen molar-refractivity contribution in [2.24, 2.45) is 0 Å². The van der Waals surface area contributed by atoms with E-state index in [-0.39, 0.29) is 16.4 Å².